The highest BCUT2D eigenvalue weighted by Crippen LogP contribution is 2.34. The Balaban J connectivity index is 1.42. The highest BCUT2D eigenvalue weighted by Gasteiger charge is 2.31. The van der Waals surface area contributed by atoms with Crippen molar-refractivity contribution in [3.05, 3.63) is 26.6 Å². The third-order valence-electron chi connectivity index (χ3n) is 6.77. The van der Waals surface area contributed by atoms with Crippen LogP contribution in [0.4, 0.5) is 0 Å². The minimum absolute atomic E-state index is 0.00661. The van der Waals surface area contributed by atoms with E-state index in [1.807, 2.05) is 28.9 Å². The highest BCUT2D eigenvalue weighted by atomic mass is 79.9. The highest BCUT2D eigenvalue weighted by molar-refractivity contribution is 9.11. The molecule has 2 saturated heterocycles. The van der Waals surface area contributed by atoms with Crippen LogP contribution in [-0.2, 0) is 25.5 Å². The van der Waals surface area contributed by atoms with E-state index in [4.69, 9.17) is 0 Å². The Morgan fingerprint density at radius 2 is 1.59 bits per heavy atom. The summed E-state index contributed by atoms with van der Waals surface area (Å²) in [6.07, 6.45) is 2.81. The van der Waals surface area contributed by atoms with Crippen molar-refractivity contribution in [2.75, 3.05) is 46.4 Å². The number of carbonyl (C=O) groups is 3. The minimum Gasteiger partial charge on any atom is -0.506 e. The Hall–Kier alpha value is -1.65. The molecule has 2 amide bonds. The number of piperidine rings is 1. The maximum Gasteiger partial charge on any atom is 0.306 e. The number of phenolic OH excluding ortho intramolecular Hbond substituents is 1. The Labute approximate surface area is 217 Å². The van der Waals surface area contributed by atoms with Crippen LogP contribution < -0.4 is 0 Å². The number of rotatable bonds is 7. The number of nitrogens with zero attached hydrogens (tertiary/aromatic N) is 3. The molecule has 1 atom stereocenters. The molecule has 0 unspecified atom stereocenters. The molecular weight excluding hydrogens is 570 g/mol. The quantitative estimate of drug-likeness (QED) is 0.482. The van der Waals surface area contributed by atoms with Gasteiger partial charge in [0.1, 0.15) is 5.75 Å². The summed E-state index contributed by atoms with van der Waals surface area (Å²) in [6.45, 7) is 6.44. The summed E-state index contributed by atoms with van der Waals surface area (Å²) in [5.74, 6) is -0.158. The van der Waals surface area contributed by atoms with Crippen LogP contribution in [0.3, 0.4) is 0 Å². The van der Waals surface area contributed by atoms with Crippen LogP contribution in [0.1, 0.15) is 38.2 Å². The van der Waals surface area contributed by atoms with Gasteiger partial charge in [0.2, 0.25) is 11.8 Å². The molecule has 2 fully saturated rings. The standard InChI is InChI=1S/C24H33Br2N3O5/c1-16(13-17-14-19(25)23(32)20(26)15-17)24(33)29-7-5-18(6-8-29)27-9-11-28(12-10-27)21(30)3-4-22(31)34-2/h14-16,18,32H,3-13H2,1-2H3/t16-/m1/s1. The van der Waals surface area contributed by atoms with Crippen molar-refractivity contribution in [3.63, 3.8) is 0 Å². The molecule has 0 spiro atoms. The van der Waals surface area contributed by atoms with E-state index < -0.39 is 0 Å². The van der Waals surface area contributed by atoms with Crippen LogP contribution in [0, 0.1) is 5.92 Å². The number of aromatic hydroxyl groups is 1. The third kappa shape index (κ3) is 6.95. The van der Waals surface area contributed by atoms with Gasteiger partial charge in [-0.3, -0.25) is 19.3 Å². The van der Waals surface area contributed by atoms with Crippen molar-refractivity contribution >= 4 is 49.6 Å². The van der Waals surface area contributed by atoms with E-state index in [2.05, 4.69) is 41.5 Å². The predicted octanol–water partition coefficient (Wildman–Crippen LogP) is 3.18. The van der Waals surface area contributed by atoms with Crippen LogP contribution in [-0.4, -0.2) is 90.0 Å². The number of methoxy groups -OCH3 is 1. The monoisotopic (exact) mass is 601 g/mol. The number of amides is 2. The number of likely N-dealkylation sites (tertiary alicyclic amines) is 1. The van der Waals surface area contributed by atoms with Gasteiger partial charge in [-0.15, -0.1) is 0 Å². The first-order valence-corrected chi connectivity index (χ1v) is 13.3. The molecule has 0 aliphatic carbocycles. The van der Waals surface area contributed by atoms with Crippen LogP contribution in [0.25, 0.3) is 0 Å². The van der Waals surface area contributed by atoms with E-state index in [1.165, 1.54) is 7.11 Å². The predicted molar refractivity (Wildman–Crippen MR) is 135 cm³/mol. The van der Waals surface area contributed by atoms with E-state index in [-0.39, 0.29) is 42.3 Å². The Morgan fingerprint density at radius 1 is 1.00 bits per heavy atom. The zero-order valence-corrected chi connectivity index (χ0v) is 22.9. The van der Waals surface area contributed by atoms with E-state index >= 15 is 0 Å². The van der Waals surface area contributed by atoms with Crippen LogP contribution in [0.15, 0.2) is 21.1 Å². The first-order valence-electron chi connectivity index (χ1n) is 11.7. The number of piperazine rings is 1. The number of benzene rings is 1. The molecular formula is C24H33Br2N3O5. The number of esters is 1. The topological polar surface area (TPSA) is 90.4 Å². The van der Waals surface area contributed by atoms with E-state index in [0.717, 1.165) is 44.6 Å². The second-order valence-electron chi connectivity index (χ2n) is 9.06. The summed E-state index contributed by atoms with van der Waals surface area (Å²) >= 11 is 6.70. The Kier molecular flexibility index (Phi) is 9.79. The Morgan fingerprint density at radius 3 is 2.15 bits per heavy atom. The maximum atomic E-state index is 13.0. The van der Waals surface area contributed by atoms with Crippen molar-refractivity contribution in [3.8, 4) is 5.75 Å². The second kappa shape index (κ2) is 12.4. The molecule has 2 aliphatic heterocycles. The van der Waals surface area contributed by atoms with Crippen LogP contribution >= 0.6 is 31.9 Å². The summed E-state index contributed by atoms with van der Waals surface area (Å²) in [5, 5.41) is 9.90. The molecule has 34 heavy (non-hydrogen) atoms. The van der Waals surface area contributed by atoms with Crippen molar-refractivity contribution in [2.24, 2.45) is 5.92 Å². The lowest BCUT2D eigenvalue weighted by atomic mass is 9.97. The number of carbonyl (C=O) groups excluding carboxylic acids is 3. The molecule has 0 aromatic heterocycles. The van der Waals surface area contributed by atoms with Gasteiger partial charge in [0.25, 0.3) is 0 Å². The molecule has 3 rings (SSSR count). The molecule has 1 N–H and O–H groups in total. The molecule has 10 heteroatoms. The maximum absolute atomic E-state index is 13.0. The molecule has 2 aliphatic rings. The van der Waals surface area contributed by atoms with Crippen molar-refractivity contribution in [1.29, 1.82) is 0 Å². The fourth-order valence-electron chi connectivity index (χ4n) is 4.75. The summed E-state index contributed by atoms with van der Waals surface area (Å²) in [4.78, 5) is 42.8. The smallest absolute Gasteiger partial charge is 0.306 e. The lowest BCUT2D eigenvalue weighted by Gasteiger charge is -2.43. The van der Waals surface area contributed by atoms with Crippen molar-refractivity contribution in [2.45, 2.75) is 45.1 Å². The van der Waals surface area contributed by atoms with E-state index in [9.17, 15) is 19.5 Å². The fourth-order valence-corrected chi connectivity index (χ4v) is 6.03. The van der Waals surface area contributed by atoms with Gasteiger partial charge in [-0.25, -0.2) is 0 Å². The number of hydrogen-bond acceptors (Lipinski definition) is 6. The van der Waals surface area contributed by atoms with Crippen LogP contribution in [0.5, 0.6) is 5.75 Å². The minimum atomic E-state index is -0.355. The summed E-state index contributed by atoms with van der Waals surface area (Å²) in [7, 11) is 1.33. The third-order valence-corrected chi connectivity index (χ3v) is 7.98. The average molecular weight is 603 g/mol. The SMILES string of the molecule is COC(=O)CCC(=O)N1CCN(C2CCN(C(=O)[C@H](C)Cc3cc(Br)c(O)c(Br)c3)CC2)CC1. The molecule has 2 heterocycles. The summed E-state index contributed by atoms with van der Waals surface area (Å²) in [5.41, 5.74) is 0.992. The van der Waals surface area contributed by atoms with Crippen molar-refractivity contribution < 1.29 is 24.2 Å². The molecule has 8 nitrogen and oxygen atoms in total. The lowest BCUT2D eigenvalue weighted by Crippen LogP contribution is -2.55. The van der Waals surface area contributed by atoms with E-state index in [0.29, 0.717) is 34.5 Å². The van der Waals surface area contributed by atoms with Gasteiger partial charge in [0.15, 0.2) is 0 Å². The van der Waals surface area contributed by atoms with Crippen molar-refractivity contribution in [1.82, 2.24) is 14.7 Å². The number of hydrogen-bond donors (Lipinski definition) is 1. The summed E-state index contributed by atoms with van der Waals surface area (Å²) in [6, 6.07) is 4.14. The van der Waals surface area contributed by atoms with Gasteiger partial charge in [0.05, 0.1) is 22.5 Å². The van der Waals surface area contributed by atoms with Gasteiger partial charge in [-0.2, -0.15) is 0 Å². The van der Waals surface area contributed by atoms with Crippen LogP contribution in [0.2, 0.25) is 0 Å². The largest absolute Gasteiger partial charge is 0.506 e. The second-order valence-corrected chi connectivity index (χ2v) is 10.8. The van der Waals surface area contributed by atoms with Gasteiger partial charge in [-0.1, -0.05) is 6.92 Å². The zero-order valence-electron chi connectivity index (χ0n) is 19.8. The molecule has 1 aromatic rings. The number of halogens is 2. The molecule has 0 radical (unpaired) electrons. The zero-order chi connectivity index (χ0) is 24.8. The number of ether oxygens (including phenoxy) is 1. The summed E-state index contributed by atoms with van der Waals surface area (Å²) < 4.78 is 5.84. The molecule has 1 aromatic carbocycles. The van der Waals surface area contributed by atoms with Gasteiger partial charge < -0.3 is 19.6 Å². The van der Waals surface area contributed by atoms with Gasteiger partial charge in [0, 0.05) is 57.6 Å². The molecule has 0 saturated carbocycles. The van der Waals surface area contributed by atoms with E-state index in [1.54, 1.807) is 0 Å². The Bertz CT molecular complexity index is 874. The van der Waals surface area contributed by atoms with Gasteiger partial charge >= 0.3 is 5.97 Å². The normalized spacial score (nSPS) is 18.6. The average Bonchev–Trinajstić information content (AvgIpc) is 2.85. The first kappa shape index (κ1) is 26.9. The number of phenols is 1. The fraction of sp³-hybridized carbons (Fsp3) is 0.625. The molecule has 0 bridgehead atoms. The lowest BCUT2D eigenvalue weighted by molar-refractivity contribution is -0.144. The molecule has 188 valence electrons. The van der Waals surface area contributed by atoms with Gasteiger partial charge in [-0.05, 0) is 68.8 Å². The first-order chi connectivity index (χ1) is 16.2.